The number of pyridine rings is 2. The van der Waals surface area contributed by atoms with Crippen molar-refractivity contribution in [2.24, 2.45) is 0 Å². The molecular weight excluding hydrogens is 324 g/mol. The van der Waals surface area contributed by atoms with E-state index in [1.807, 2.05) is 38.5 Å². The zero-order valence-electron chi connectivity index (χ0n) is 14.6. The molecule has 0 aliphatic carbocycles. The van der Waals surface area contributed by atoms with Crippen LogP contribution in [0.1, 0.15) is 0 Å². The standard InChI is InChI=1S/C20H18N6/c1-26(2)15-7-5-13(6-8-15)18-10-16(14-4-3-9-22-11-14)17-12-23-20(21)25-19(17)24-18/h3-12H,1-2H3,(H2,21,23,24,25). The molecule has 4 rings (SSSR count). The minimum absolute atomic E-state index is 0.210. The van der Waals surface area contributed by atoms with Gasteiger partial charge in [0.05, 0.1) is 5.69 Å². The Bertz CT molecular complexity index is 1060. The molecule has 3 heterocycles. The largest absolute Gasteiger partial charge is 0.378 e. The molecule has 4 aromatic rings. The summed E-state index contributed by atoms with van der Waals surface area (Å²) in [5, 5.41) is 0.848. The van der Waals surface area contributed by atoms with Gasteiger partial charge in [0.25, 0.3) is 0 Å². The Kier molecular flexibility index (Phi) is 3.93. The van der Waals surface area contributed by atoms with Crippen LogP contribution in [-0.2, 0) is 0 Å². The SMILES string of the molecule is CN(C)c1ccc(-c2cc(-c3cccnc3)c3cnc(N)nc3n2)cc1. The first-order chi connectivity index (χ1) is 12.6. The number of nitrogens with two attached hydrogens (primary N) is 1. The first-order valence-electron chi connectivity index (χ1n) is 8.23. The van der Waals surface area contributed by atoms with Gasteiger partial charge in [0.2, 0.25) is 5.95 Å². The maximum absolute atomic E-state index is 5.77. The van der Waals surface area contributed by atoms with Gasteiger partial charge < -0.3 is 10.6 Å². The molecule has 0 atom stereocenters. The summed E-state index contributed by atoms with van der Waals surface area (Å²) < 4.78 is 0. The van der Waals surface area contributed by atoms with Crippen molar-refractivity contribution in [3.63, 3.8) is 0 Å². The van der Waals surface area contributed by atoms with Gasteiger partial charge in [-0.3, -0.25) is 4.98 Å². The zero-order chi connectivity index (χ0) is 18.1. The second-order valence-electron chi connectivity index (χ2n) is 6.20. The lowest BCUT2D eigenvalue weighted by molar-refractivity contribution is 1.13. The molecule has 0 fully saturated rings. The molecule has 1 aromatic carbocycles. The number of hydrogen-bond acceptors (Lipinski definition) is 6. The Morgan fingerprint density at radius 3 is 2.42 bits per heavy atom. The summed E-state index contributed by atoms with van der Waals surface area (Å²) in [5.41, 5.74) is 11.3. The maximum atomic E-state index is 5.77. The van der Waals surface area contributed by atoms with E-state index in [-0.39, 0.29) is 5.95 Å². The lowest BCUT2D eigenvalue weighted by Crippen LogP contribution is -2.08. The molecule has 0 saturated heterocycles. The van der Waals surface area contributed by atoms with Crippen molar-refractivity contribution in [3.8, 4) is 22.4 Å². The first kappa shape index (κ1) is 16.0. The molecule has 0 amide bonds. The highest BCUT2D eigenvalue weighted by molar-refractivity contribution is 5.94. The van der Waals surface area contributed by atoms with Crippen LogP contribution in [0.25, 0.3) is 33.4 Å². The van der Waals surface area contributed by atoms with Crippen LogP contribution in [0, 0.1) is 0 Å². The highest BCUT2D eigenvalue weighted by Crippen LogP contribution is 2.31. The number of rotatable bonds is 3. The number of hydrogen-bond donors (Lipinski definition) is 1. The van der Waals surface area contributed by atoms with Crippen molar-refractivity contribution in [1.82, 2.24) is 19.9 Å². The lowest BCUT2D eigenvalue weighted by atomic mass is 10.0. The van der Waals surface area contributed by atoms with Crippen molar-refractivity contribution in [3.05, 3.63) is 61.1 Å². The minimum atomic E-state index is 0.210. The van der Waals surface area contributed by atoms with E-state index in [4.69, 9.17) is 10.7 Å². The first-order valence-corrected chi connectivity index (χ1v) is 8.23. The summed E-state index contributed by atoms with van der Waals surface area (Å²) in [5.74, 6) is 0.210. The Hall–Kier alpha value is -3.54. The Labute approximate surface area is 151 Å². The molecule has 2 N–H and O–H groups in total. The summed E-state index contributed by atoms with van der Waals surface area (Å²) in [4.78, 5) is 19.4. The van der Waals surface area contributed by atoms with Gasteiger partial charge in [-0.25, -0.2) is 9.97 Å². The highest BCUT2D eigenvalue weighted by atomic mass is 15.1. The van der Waals surface area contributed by atoms with Crippen molar-refractivity contribution in [2.75, 3.05) is 24.7 Å². The Morgan fingerprint density at radius 1 is 0.923 bits per heavy atom. The van der Waals surface area contributed by atoms with Crippen LogP contribution in [0.4, 0.5) is 11.6 Å². The fourth-order valence-electron chi connectivity index (χ4n) is 2.86. The number of fused-ring (bicyclic) bond motifs is 1. The average Bonchev–Trinajstić information content (AvgIpc) is 2.67. The second-order valence-corrected chi connectivity index (χ2v) is 6.20. The van der Waals surface area contributed by atoms with Gasteiger partial charge in [-0.1, -0.05) is 18.2 Å². The van der Waals surface area contributed by atoms with E-state index >= 15 is 0 Å². The van der Waals surface area contributed by atoms with Crippen molar-refractivity contribution < 1.29 is 0 Å². The summed E-state index contributed by atoms with van der Waals surface area (Å²) >= 11 is 0. The quantitative estimate of drug-likeness (QED) is 0.614. The third kappa shape index (κ3) is 2.93. The maximum Gasteiger partial charge on any atom is 0.222 e. The third-order valence-corrected chi connectivity index (χ3v) is 4.24. The van der Waals surface area contributed by atoms with Gasteiger partial charge in [0.1, 0.15) is 0 Å². The van der Waals surface area contributed by atoms with Crippen LogP contribution in [-0.4, -0.2) is 34.0 Å². The molecule has 6 nitrogen and oxygen atoms in total. The third-order valence-electron chi connectivity index (χ3n) is 4.24. The topological polar surface area (TPSA) is 80.8 Å². The zero-order valence-corrected chi connectivity index (χ0v) is 14.6. The number of nitrogen functional groups attached to an aromatic ring is 1. The average molecular weight is 342 g/mol. The monoisotopic (exact) mass is 342 g/mol. The predicted molar refractivity (Wildman–Crippen MR) is 105 cm³/mol. The fourth-order valence-corrected chi connectivity index (χ4v) is 2.86. The predicted octanol–water partition coefficient (Wildman–Crippen LogP) is 3.40. The van der Waals surface area contributed by atoms with E-state index in [9.17, 15) is 0 Å². The molecule has 0 bridgehead atoms. The molecule has 0 saturated carbocycles. The van der Waals surface area contributed by atoms with Crippen LogP contribution in [0.5, 0.6) is 0 Å². The van der Waals surface area contributed by atoms with Crippen molar-refractivity contribution >= 4 is 22.7 Å². The summed E-state index contributed by atoms with van der Waals surface area (Å²) in [7, 11) is 4.03. The fraction of sp³-hybridized carbons (Fsp3) is 0.100. The van der Waals surface area contributed by atoms with Gasteiger partial charge in [0, 0.05) is 54.9 Å². The summed E-state index contributed by atoms with van der Waals surface area (Å²) in [6, 6.07) is 14.2. The van der Waals surface area contributed by atoms with Gasteiger partial charge in [-0.15, -0.1) is 0 Å². The van der Waals surface area contributed by atoms with Crippen LogP contribution in [0.15, 0.2) is 61.1 Å². The van der Waals surface area contributed by atoms with Gasteiger partial charge >= 0.3 is 0 Å². The lowest BCUT2D eigenvalue weighted by Gasteiger charge is -2.13. The van der Waals surface area contributed by atoms with Crippen molar-refractivity contribution in [1.29, 1.82) is 0 Å². The van der Waals surface area contributed by atoms with Crippen LogP contribution in [0.3, 0.4) is 0 Å². The van der Waals surface area contributed by atoms with Crippen molar-refractivity contribution in [2.45, 2.75) is 0 Å². The molecule has 0 spiro atoms. The van der Waals surface area contributed by atoms with Gasteiger partial charge in [-0.05, 0) is 29.8 Å². The number of aromatic nitrogens is 4. The molecular formula is C20H18N6. The van der Waals surface area contributed by atoms with Gasteiger partial charge in [-0.2, -0.15) is 4.98 Å². The molecule has 128 valence electrons. The summed E-state index contributed by atoms with van der Waals surface area (Å²) in [6.45, 7) is 0. The van der Waals surface area contributed by atoms with E-state index in [0.29, 0.717) is 5.65 Å². The molecule has 0 unspecified atom stereocenters. The Balaban J connectivity index is 1.93. The number of benzene rings is 1. The number of anilines is 2. The minimum Gasteiger partial charge on any atom is -0.378 e. The molecule has 3 aromatic heterocycles. The van der Waals surface area contributed by atoms with Crippen LogP contribution < -0.4 is 10.6 Å². The molecule has 0 radical (unpaired) electrons. The van der Waals surface area contributed by atoms with E-state index in [1.165, 1.54) is 0 Å². The smallest absolute Gasteiger partial charge is 0.222 e. The summed E-state index contributed by atoms with van der Waals surface area (Å²) in [6.07, 6.45) is 5.29. The molecule has 0 aliphatic heterocycles. The number of nitrogens with zero attached hydrogens (tertiary/aromatic N) is 5. The second kappa shape index (κ2) is 6.40. The normalized spacial score (nSPS) is 10.8. The highest BCUT2D eigenvalue weighted by Gasteiger charge is 2.12. The van der Waals surface area contributed by atoms with E-state index in [0.717, 1.165) is 33.5 Å². The molecule has 26 heavy (non-hydrogen) atoms. The van der Waals surface area contributed by atoms with Gasteiger partial charge in [0.15, 0.2) is 5.65 Å². The Morgan fingerprint density at radius 2 is 1.73 bits per heavy atom. The molecule has 0 aliphatic rings. The van der Waals surface area contributed by atoms with Crippen LogP contribution >= 0.6 is 0 Å². The molecule has 6 heteroatoms. The van der Waals surface area contributed by atoms with E-state index in [2.05, 4.69) is 44.1 Å². The van der Waals surface area contributed by atoms with E-state index < -0.39 is 0 Å². The van der Waals surface area contributed by atoms with Crippen LogP contribution in [0.2, 0.25) is 0 Å². The van der Waals surface area contributed by atoms with E-state index in [1.54, 1.807) is 12.4 Å².